The topological polar surface area (TPSA) is 50.4 Å². The minimum atomic E-state index is 0.0460. The first-order valence-corrected chi connectivity index (χ1v) is 6.62. The molecule has 2 unspecified atom stereocenters. The SMILES string of the molecule is CCC(C)CC(CC)NCC(=O)NCCOC. The fourth-order valence-electron chi connectivity index (χ4n) is 1.64. The van der Waals surface area contributed by atoms with Crippen molar-refractivity contribution in [3.8, 4) is 0 Å². The van der Waals surface area contributed by atoms with E-state index in [1.165, 1.54) is 6.42 Å². The van der Waals surface area contributed by atoms with Gasteiger partial charge in [-0.25, -0.2) is 0 Å². The van der Waals surface area contributed by atoms with Crippen LogP contribution in [0.2, 0.25) is 0 Å². The molecule has 0 aliphatic heterocycles. The van der Waals surface area contributed by atoms with E-state index in [1.807, 2.05) is 0 Å². The number of hydrogen-bond acceptors (Lipinski definition) is 3. The van der Waals surface area contributed by atoms with Crippen LogP contribution in [0.4, 0.5) is 0 Å². The summed E-state index contributed by atoms with van der Waals surface area (Å²) in [5, 5.41) is 6.11. The van der Waals surface area contributed by atoms with Crippen molar-refractivity contribution in [2.75, 3.05) is 26.8 Å². The van der Waals surface area contributed by atoms with Gasteiger partial charge in [0, 0.05) is 19.7 Å². The van der Waals surface area contributed by atoms with Crippen LogP contribution in [0.1, 0.15) is 40.0 Å². The van der Waals surface area contributed by atoms with Gasteiger partial charge in [0.1, 0.15) is 0 Å². The zero-order chi connectivity index (χ0) is 13.1. The Morgan fingerprint density at radius 1 is 1.29 bits per heavy atom. The normalized spacial score (nSPS) is 14.4. The Balaban J connectivity index is 3.70. The molecular weight excluding hydrogens is 216 g/mol. The van der Waals surface area contributed by atoms with E-state index in [9.17, 15) is 4.79 Å². The largest absolute Gasteiger partial charge is 0.383 e. The molecule has 17 heavy (non-hydrogen) atoms. The van der Waals surface area contributed by atoms with Gasteiger partial charge in [0.25, 0.3) is 0 Å². The van der Waals surface area contributed by atoms with Crippen LogP contribution in [0.3, 0.4) is 0 Å². The third-order valence-corrected chi connectivity index (χ3v) is 3.06. The predicted octanol–water partition coefficient (Wildman–Crippen LogP) is 1.55. The molecule has 0 rings (SSSR count). The van der Waals surface area contributed by atoms with Crippen molar-refractivity contribution in [2.45, 2.75) is 46.1 Å². The Morgan fingerprint density at radius 3 is 2.53 bits per heavy atom. The zero-order valence-corrected chi connectivity index (χ0v) is 11.7. The molecule has 4 nitrogen and oxygen atoms in total. The van der Waals surface area contributed by atoms with Crippen molar-refractivity contribution >= 4 is 5.91 Å². The summed E-state index contributed by atoms with van der Waals surface area (Å²) in [5.74, 6) is 0.758. The fourth-order valence-corrected chi connectivity index (χ4v) is 1.64. The molecule has 0 saturated carbocycles. The molecule has 0 aliphatic carbocycles. The van der Waals surface area contributed by atoms with Crippen molar-refractivity contribution in [2.24, 2.45) is 5.92 Å². The quantitative estimate of drug-likeness (QED) is 0.573. The lowest BCUT2D eigenvalue weighted by molar-refractivity contribution is -0.120. The molecule has 0 aromatic carbocycles. The van der Waals surface area contributed by atoms with Crippen LogP contribution in [0.25, 0.3) is 0 Å². The number of methoxy groups -OCH3 is 1. The lowest BCUT2D eigenvalue weighted by Gasteiger charge is -2.20. The molecule has 0 aliphatic rings. The van der Waals surface area contributed by atoms with Crippen LogP contribution < -0.4 is 10.6 Å². The molecule has 0 aromatic heterocycles. The van der Waals surface area contributed by atoms with Crippen LogP contribution in [-0.4, -0.2) is 38.8 Å². The van der Waals surface area contributed by atoms with E-state index in [4.69, 9.17) is 4.74 Å². The van der Waals surface area contributed by atoms with Crippen LogP contribution in [0.5, 0.6) is 0 Å². The van der Waals surface area contributed by atoms with Crippen LogP contribution in [0.15, 0.2) is 0 Å². The Morgan fingerprint density at radius 2 is 2.00 bits per heavy atom. The van der Waals surface area contributed by atoms with E-state index in [-0.39, 0.29) is 5.91 Å². The van der Waals surface area contributed by atoms with Gasteiger partial charge in [-0.3, -0.25) is 4.79 Å². The molecule has 0 heterocycles. The van der Waals surface area contributed by atoms with Crippen LogP contribution >= 0.6 is 0 Å². The molecule has 0 aromatic rings. The molecule has 2 N–H and O–H groups in total. The molecule has 0 bridgehead atoms. The van der Waals surface area contributed by atoms with E-state index >= 15 is 0 Å². The van der Waals surface area contributed by atoms with Crippen molar-refractivity contribution in [3.05, 3.63) is 0 Å². The first-order valence-electron chi connectivity index (χ1n) is 6.62. The maximum atomic E-state index is 11.5. The summed E-state index contributed by atoms with van der Waals surface area (Å²) in [6.45, 7) is 8.16. The highest BCUT2D eigenvalue weighted by atomic mass is 16.5. The Kier molecular flexibility index (Phi) is 10.2. The van der Waals surface area contributed by atoms with E-state index in [0.717, 1.165) is 12.8 Å². The van der Waals surface area contributed by atoms with Gasteiger partial charge in [0.2, 0.25) is 5.91 Å². The summed E-state index contributed by atoms with van der Waals surface area (Å²) in [5.41, 5.74) is 0. The second-order valence-electron chi connectivity index (χ2n) is 4.58. The molecule has 0 radical (unpaired) electrons. The Hall–Kier alpha value is -0.610. The highest BCUT2D eigenvalue weighted by Gasteiger charge is 2.11. The third-order valence-electron chi connectivity index (χ3n) is 3.06. The van der Waals surface area contributed by atoms with Crippen molar-refractivity contribution in [1.29, 1.82) is 0 Å². The summed E-state index contributed by atoms with van der Waals surface area (Å²) >= 11 is 0. The lowest BCUT2D eigenvalue weighted by atomic mass is 9.98. The molecule has 0 spiro atoms. The fraction of sp³-hybridized carbons (Fsp3) is 0.923. The molecule has 102 valence electrons. The molecule has 1 amide bonds. The number of ether oxygens (including phenoxy) is 1. The standard InChI is InChI=1S/C13H28N2O2/c1-5-11(3)9-12(6-2)15-10-13(16)14-7-8-17-4/h11-12,15H,5-10H2,1-4H3,(H,14,16). The number of nitrogens with one attached hydrogen (secondary N) is 2. The minimum Gasteiger partial charge on any atom is -0.383 e. The summed E-state index contributed by atoms with van der Waals surface area (Å²) in [6.07, 6.45) is 3.40. The van der Waals surface area contributed by atoms with E-state index in [2.05, 4.69) is 31.4 Å². The summed E-state index contributed by atoms with van der Waals surface area (Å²) in [6, 6.07) is 0.443. The Labute approximate surface area is 105 Å². The van der Waals surface area contributed by atoms with Gasteiger partial charge in [0.15, 0.2) is 0 Å². The van der Waals surface area contributed by atoms with Gasteiger partial charge < -0.3 is 15.4 Å². The van der Waals surface area contributed by atoms with Gasteiger partial charge in [-0.15, -0.1) is 0 Å². The number of rotatable bonds is 10. The highest BCUT2D eigenvalue weighted by Crippen LogP contribution is 2.11. The van der Waals surface area contributed by atoms with Gasteiger partial charge in [-0.05, 0) is 18.8 Å². The lowest BCUT2D eigenvalue weighted by Crippen LogP contribution is -2.40. The molecular formula is C13H28N2O2. The van der Waals surface area contributed by atoms with Gasteiger partial charge in [0.05, 0.1) is 13.2 Å². The number of amides is 1. The van der Waals surface area contributed by atoms with Crippen molar-refractivity contribution in [1.82, 2.24) is 10.6 Å². The monoisotopic (exact) mass is 244 g/mol. The predicted molar refractivity (Wildman–Crippen MR) is 71.0 cm³/mol. The van der Waals surface area contributed by atoms with Crippen LogP contribution in [0, 0.1) is 5.92 Å². The van der Waals surface area contributed by atoms with Gasteiger partial charge >= 0.3 is 0 Å². The highest BCUT2D eigenvalue weighted by molar-refractivity contribution is 5.77. The second kappa shape index (κ2) is 10.5. The average Bonchev–Trinajstić information content (AvgIpc) is 2.34. The average molecular weight is 244 g/mol. The molecule has 2 atom stereocenters. The van der Waals surface area contributed by atoms with E-state index in [0.29, 0.717) is 31.7 Å². The maximum absolute atomic E-state index is 11.5. The number of carbonyl (C=O) groups excluding carboxylic acids is 1. The zero-order valence-electron chi connectivity index (χ0n) is 11.7. The summed E-state index contributed by atoms with van der Waals surface area (Å²) in [4.78, 5) is 11.5. The molecule has 0 saturated heterocycles. The molecule has 0 fully saturated rings. The third kappa shape index (κ3) is 9.12. The minimum absolute atomic E-state index is 0.0460. The Bertz CT molecular complexity index is 198. The van der Waals surface area contributed by atoms with Gasteiger partial charge in [-0.1, -0.05) is 27.2 Å². The molecule has 4 heteroatoms. The number of hydrogen-bond donors (Lipinski definition) is 2. The smallest absolute Gasteiger partial charge is 0.234 e. The van der Waals surface area contributed by atoms with E-state index < -0.39 is 0 Å². The summed E-state index contributed by atoms with van der Waals surface area (Å²) in [7, 11) is 1.63. The maximum Gasteiger partial charge on any atom is 0.234 e. The second-order valence-corrected chi connectivity index (χ2v) is 4.58. The first kappa shape index (κ1) is 16.4. The van der Waals surface area contributed by atoms with Gasteiger partial charge in [-0.2, -0.15) is 0 Å². The van der Waals surface area contributed by atoms with Crippen molar-refractivity contribution < 1.29 is 9.53 Å². The van der Waals surface area contributed by atoms with Crippen molar-refractivity contribution in [3.63, 3.8) is 0 Å². The van der Waals surface area contributed by atoms with E-state index in [1.54, 1.807) is 7.11 Å². The first-order chi connectivity index (χ1) is 8.13. The summed E-state index contributed by atoms with van der Waals surface area (Å²) < 4.78 is 4.87. The van der Waals surface area contributed by atoms with Crippen LogP contribution in [-0.2, 0) is 9.53 Å². The number of carbonyl (C=O) groups is 1.